The minimum atomic E-state index is -0.494. The molecule has 6 nitrogen and oxygen atoms in total. The summed E-state index contributed by atoms with van der Waals surface area (Å²) < 4.78 is 14.8. The third-order valence-electron chi connectivity index (χ3n) is 2.79. The predicted molar refractivity (Wildman–Crippen MR) is 58.4 cm³/mol. The number of carbonyl (C=O) groups excluding carboxylic acids is 1. The smallest absolute Gasteiger partial charge is 0.253 e. The van der Waals surface area contributed by atoms with E-state index in [1.165, 1.54) is 12.1 Å². The van der Waals surface area contributed by atoms with Crippen molar-refractivity contribution in [3.63, 3.8) is 0 Å². The topological polar surface area (TPSA) is 80.0 Å². The number of benzene rings is 1. The number of amides is 1. The number of nitrogens with zero attached hydrogens (tertiary/aromatic N) is 3. The van der Waals surface area contributed by atoms with Crippen molar-refractivity contribution in [2.75, 3.05) is 0 Å². The van der Waals surface area contributed by atoms with Gasteiger partial charge in [0.1, 0.15) is 12.4 Å². The number of rotatable bonds is 1. The second kappa shape index (κ2) is 3.88. The molecule has 1 aliphatic rings. The van der Waals surface area contributed by atoms with Crippen molar-refractivity contribution in [3.8, 4) is 5.69 Å². The average Bonchev–Trinajstić information content (AvgIpc) is 2.73. The van der Waals surface area contributed by atoms with Crippen molar-refractivity contribution >= 4 is 5.91 Å². The third-order valence-corrected chi connectivity index (χ3v) is 2.79. The Bertz CT molecular complexity index is 638. The Hall–Kier alpha value is -2.28. The lowest BCUT2D eigenvalue weighted by Crippen LogP contribution is -2.21. The van der Waals surface area contributed by atoms with Gasteiger partial charge in [0.2, 0.25) is 0 Å². The number of aliphatic hydroxyl groups excluding tert-OH is 1. The molecule has 2 N–H and O–H groups in total. The van der Waals surface area contributed by atoms with E-state index in [-0.39, 0.29) is 24.6 Å². The van der Waals surface area contributed by atoms with Gasteiger partial charge >= 0.3 is 0 Å². The third kappa shape index (κ3) is 1.48. The first-order chi connectivity index (χ1) is 8.70. The predicted octanol–water partition coefficient (Wildman–Crippen LogP) is 0.142. The van der Waals surface area contributed by atoms with Crippen LogP contribution in [0.25, 0.3) is 5.69 Å². The Kier molecular flexibility index (Phi) is 2.34. The van der Waals surface area contributed by atoms with Crippen LogP contribution in [0.5, 0.6) is 0 Å². The summed E-state index contributed by atoms with van der Waals surface area (Å²) in [6.45, 7) is -0.125. The first-order valence-corrected chi connectivity index (χ1v) is 5.33. The van der Waals surface area contributed by atoms with Crippen LogP contribution in [0.1, 0.15) is 22.0 Å². The summed E-state index contributed by atoms with van der Waals surface area (Å²) in [5.74, 6) is -0.0584. The van der Waals surface area contributed by atoms with E-state index < -0.39 is 5.82 Å². The van der Waals surface area contributed by atoms with E-state index in [1.54, 1.807) is 4.57 Å². The van der Waals surface area contributed by atoms with E-state index in [0.29, 0.717) is 17.3 Å². The van der Waals surface area contributed by atoms with Crippen LogP contribution < -0.4 is 5.32 Å². The highest BCUT2D eigenvalue weighted by Crippen LogP contribution is 2.22. The first-order valence-electron chi connectivity index (χ1n) is 5.33. The number of hydrogen-bond donors (Lipinski definition) is 2. The fourth-order valence-corrected chi connectivity index (χ4v) is 1.99. The zero-order chi connectivity index (χ0) is 12.7. The summed E-state index contributed by atoms with van der Waals surface area (Å²) in [5, 5.41) is 19.5. The van der Waals surface area contributed by atoms with Gasteiger partial charge in [-0.25, -0.2) is 4.39 Å². The van der Waals surface area contributed by atoms with Crippen molar-refractivity contribution in [3.05, 3.63) is 41.2 Å². The zero-order valence-corrected chi connectivity index (χ0v) is 9.22. The van der Waals surface area contributed by atoms with Gasteiger partial charge in [-0.3, -0.25) is 9.36 Å². The standard InChI is InChI=1S/C11H9FN4O2/c12-6-1-2-8-7(3-6)11(18)13-4-9-14-15-10(5-17)16(8)9/h1-3,17H,4-5H2,(H,13,18). The number of halogens is 1. The summed E-state index contributed by atoms with van der Waals surface area (Å²) in [4.78, 5) is 11.8. The van der Waals surface area contributed by atoms with Crippen molar-refractivity contribution in [1.29, 1.82) is 0 Å². The van der Waals surface area contributed by atoms with Crippen molar-refractivity contribution in [2.45, 2.75) is 13.2 Å². The van der Waals surface area contributed by atoms with E-state index in [9.17, 15) is 14.3 Å². The summed E-state index contributed by atoms with van der Waals surface area (Å²) in [5.41, 5.74) is 0.665. The molecule has 18 heavy (non-hydrogen) atoms. The molecule has 1 aromatic carbocycles. The maximum absolute atomic E-state index is 13.2. The van der Waals surface area contributed by atoms with Crippen LogP contribution in [0.15, 0.2) is 18.2 Å². The normalized spacial score (nSPS) is 13.6. The van der Waals surface area contributed by atoms with Crippen LogP contribution in [-0.4, -0.2) is 25.8 Å². The molecule has 2 heterocycles. The van der Waals surface area contributed by atoms with E-state index in [0.717, 1.165) is 6.07 Å². The molecule has 1 amide bonds. The molecule has 0 saturated carbocycles. The largest absolute Gasteiger partial charge is 0.388 e. The molecule has 0 atom stereocenters. The molecule has 0 saturated heterocycles. The number of aliphatic hydroxyl groups is 1. The first kappa shape index (κ1) is 10.8. The van der Waals surface area contributed by atoms with E-state index in [1.807, 2.05) is 0 Å². The Morgan fingerprint density at radius 3 is 3.06 bits per heavy atom. The van der Waals surface area contributed by atoms with Crippen LogP contribution in [-0.2, 0) is 13.2 Å². The van der Waals surface area contributed by atoms with Crippen LogP contribution in [0.4, 0.5) is 4.39 Å². The Labute approximate surface area is 101 Å². The van der Waals surface area contributed by atoms with Gasteiger partial charge in [-0.2, -0.15) is 0 Å². The maximum atomic E-state index is 13.2. The van der Waals surface area contributed by atoms with E-state index >= 15 is 0 Å². The maximum Gasteiger partial charge on any atom is 0.253 e. The van der Waals surface area contributed by atoms with Gasteiger partial charge in [-0.1, -0.05) is 0 Å². The number of hydrogen-bond acceptors (Lipinski definition) is 4. The van der Waals surface area contributed by atoms with Crippen LogP contribution >= 0.6 is 0 Å². The second-order valence-electron chi connectivity index (χ2n) is 3.87. The molecular formula is C11H9FN4O2. The summed E-state index contributed by atoms with van der Waals surface area (Å²) >= 11 is 0. The highest BCUT2D eigenvalue weighted by Gasteiger charge is 2.23. The van der Waals surface area contributed by atoms with Gasteiger partial charge in [-0.05, 0) is 18.2 Å². The van der Waals surface area contributed by atoms with Crippen molar-refractivity contribution < 1.29 is 14.3 Å². The average molecular weight is 248 g/mol. The molecule has 2 aromatic rings. The van der Waals surface area contributed by atoms with Gasteiger partial charge in [0.25, 0.3) is 5.91 Å². The number of carbonyl (C=O) groups is 1. The van der Waals surface area contributed by atoms with E-state index in [2.05, 4.69) is 15.5 Å². The summed E-state index contributed by atoms with van der Waals surface area (Å²) in [6.07, 6.45) is 0. The quantitative estimate of drug-likeness (QED) is 0.752. The SMILES string of the molecule is O=C1NCc2nnc(CO)n2-c2ccc(F)cc21. The lowest BCUT2D eigenvalue weighted by atomic mass is 10.1. The Morgan fingerprint density at radius 2 is 2.28 bits per heavy atom. The van der Waals surface area contributed by atoms with Crippen molar-refractivity contribution in [2.24, 2.45) is 0 Å². The van der Waals surface area contributed by atoms with Gasteiger partial charge in [0.05, 0.1) is 17.8 Å². The number of fused-ring (bicyclic) bond motifs is 3. The molecule has 0 radical (unpaired) electrons. The molecule has 0 bridgehead atoms. The fourth-order valence-electron chi connectivity index (χ4n) is 1.99. The molecule has 3 rings (SSSR count). The van der Waals surface area contributed by atoms with Gasteiger partial charge in [-0.15, -0.1) is 10.2 Å². The monoisotopic (exact) mass is 248 g/mol. The summed E-state index contributed by atoms with van der Waals surface area (Å²) in [6, 6.07) is 3.88. The number of aromatic nitrogens is 3. The van der Waals surface area contributed by atoms with Crippen molar-refractivity contribution in [1.82, 2.24) is 20.1 Å². The van der Waals surface area contributed by atoms with Crippen LogP contribution in [0, 0.1) is 5.82 Å². The molecule has 0 spiro atoms. The minimum absolute atomic E-state index is 0.183. The highest BCUT2D eigenvalue weighted by atomic mass is 19.1. The van der Waals surface area contributed by atoms with E-state index in [4.69, 9.17) is 0 Å². The Morgan fingerprint density at radius 1 is 1.44 bits per heavy atom. The lowest BCUT2D eigenvalue weighted by molar-refractivity contribution is 0.0952. The molecular weight excluding hydrogens is 239 g/mol. The van der Waals surface area contributed by atoms with Gasteiger partial charge in [0.15, 0.2) is 11.6 Å². The van der Waals surface area contributed by atoms with Crippen LogP contribution in [0.2, 0.25) is 0 Å². The second-order valence-corrected chi connectivity index (χ2v) is 3.87. The van der Waals surface area contributed by atoms with Gasteiger partial charge in [0, 0.05) is 0 Å². The Balaban J connectivity index is 2.31. The molecule has 7 heteroatoms. The lowest BCUT2D eigenvalue weighted by Gasteiger charge is -2.08. The molecule has 0 aliphatic carbocycles. The minimum Gasteiger partial charge on any atom is -0.388 e. The zero-order valence-electron chi connectivity index (χ0n) is 9.22. The molecule has 1 aromatic heterocycles. The molecule has 0 unspecified atom stereocenters. The summed E-state index contributed by atoms with van der Waals surface area (Å²) in [7, 11) is 0. The molecule has 0 fully saturated rings. The number of nitrogens with one attached hydrogen (secondary N) is 1. The molecule has 92 valence electrons. The fraction of sp³-hybridized carbons (Fsp3) is 0.182. The molecule has 1 aliphatic heterocycles. The van der Waals surface area contributed by atoms with Gasteiger partial charge < -0.3 is 10.4 Å². The van der Waals surface area contributed by atoms with Crippen LogP contribution in [0.3, 0.4) is 0 Å². The highest BCUT2D eigenvalue weighted by molar-refractivity contribution is 5.98.